The van der Waals surface area contributed by atoms with Gasteiger partial charge in [-0.05, 0) is 37.8 Å². The molecule has 0 aromatic heterocycles. The quantitative estimate of drug-likeness (QED) is 0.927. The summed E-state index contributed by atoms with van der Waals surface area (Å²) in [5.41, 5.74) is 8.18. The summed E-state index contributed by atoms with van der Waals surface area (Å²) >= 11 is 0. The predicted molar refractivity (Wildman–Crippen MR) is 81.8 cm³/mol. The Bertz CT molecular complexity index is 419. The summed E-state index contributed by atoms with van der Waals surface area (Å²) in [5, 5.41) is 0. The Morgan fingerprint density at radius 1 is 1.32 bits per heavy atom. The minimum Gasteiger partial charge on any atom is -0.327 e. The van der Waals surface area contributed by atoms with Crippen LogP contribution in [-0.2, 0) is 4.79 Å². The number of hydrogen-bond acceptors (Lipinski definition) is 2. The SMILES string of the molecule is Cc1ccc(N(C)C(=O)C[C@@H]2CCC[C@H]2N)cc1.Cl. The first-order chi connectivity index (χ1) is 8.58. The second-order valence-corrected chi connectivity index (χ2v) is 5.35. The maximum Gasteiger partial charge on any atom is 0.227 e. The summed E-state index contributed by atoms with van der Waals surface area (Å²) in [6.45, 7) is 2.04. The number of halogens is 1. The molecule has 1 aromatic carbocycles. The first kappa shape index (κ1) is 16.0. The van der Waals surface area contributed by atoms with Gasteiger partial charge >= 0.3 is 0 Å². The van der Waals surface area contributed by atoms with Crippen molar-refractivity contribution in [3.05, 3.63) is 29.8 Å². The average molecular weight is 283 g/mol. The zero-order chi connectivity index (χ0) is 13.1. The molecule has 1 aliphatic carbocycles. The summed E-state index contributed by atoms with van der Waals surface area (Å²) in [4.78, 5) is 13.9. The molecule has 0 unspecified atom stereocenters. The Kier molecular flexibility index (Phi) is 5.83. The molecule has 2 N–H and O–H groups in total. The predicted octanol–water partition coefficient (Wildman–Crippen LogP) is 2.90. The maximum absolute atomic E-state index is 12.2. The van der Waals surface area contributed by atoms with Crippen molar-refractivity contribution in [2.75, 3.05) is 11.9 Å². The van der Waals surface area contributed by atoms with Gasteiger partial charge in [0.2, 0.25) is 5.91 Å². The molecule has 2 rings (SSSR count). The molecule has 3 nitrogen and oxygen atoms in total. The molecule has 0 aliphatic heterocycles. The van der Waals surface area contributed by atoms with Gasteiger partial charge in [-0.25, -0.2) is 0 Å². The van der Waals surface area contributed by atoms with Crippen molar-refractivity contribution in [1.82, 2.24) is 0 Å². The van der Waals surface area contributed by atoms with E-state index < -0.39 is 0 Å². The Balaban J connectivity index is 0.00000180. The van der Waals surface area contributed by atoms with Gasteiger partial charge in [-0.2, -0.15) is 0 Å². The van der Waals surface area contributed by atoms with Gasteiger partial charge < -0.3 is 10.6 Å². The molecule has 1 amide bonds. The van der Waals surface area contributed by atoms with E-state index in [1.807, 2.05) is 38.2 Å². The normalized spacial score (nSPS) is 21.8. The zero-order valence-electron chi connectivity index (χ0n) is 11.6. The van der Waals surface area contributed by atoms with Crippen molar-refractivity contribution < 1.29 is 4.79 Å². The molecule has 1 aromatic rings. The Hall–Kier alpha value is -1.06. The summed E-state index contributed by atoms with van der Waals surface area (Å²) in [7, 11) is 1.84. The molecule has 0 spiro atoms. The molecular weight excluding hydrogens is 260 g/mol. The van der Waals surface area contributed by atoms with Crippen LogP contribution in [0.25, 0.3) is 0 Å². The van der Waals surface area contributed by atoms with Gasteiger partial charge in [-0.3, -0.25) is 4.79 Å². The van der Waals surface area contributed by atoms with Crippen LogP contribution in [0.15, 0.2) is 24.3 Å². The number of rotatable bonds is 3. The molecule has 0 heterocycles. The van der Waals surface area contributed by atoms with E-state index in [1.165, 1.54) is 5.56 Å². The summed E-state index contributed by atoms with van der Waals surface area (Å²) in [6.07, 6.45) is 3.89. The van der Waals surface area contributed by atoms with Crippen LogP contribution in [-0.4, -0.2) is 19.0 Å². The van der Waals surface area contributed by atoms with Gasteiger partial charge in [-0.15, -0.1) is 12.4 Å². The number of carbonyl (C=O) groups excluding carboxylic acids is 1. The van der Waals surface area contributed by atoms with Crippen molar-refractivity contribution in [3.8, 4) is 0 Å². The maximum atomic E-state index is 12.2. The van der Waals surface area contributed by atoms with E-state index in [0.717, 1.165) is 24.9 Å². The third-order valence-electron chi connectivity index (χ3n) is 3.95. The molecule has 106 valence electrons. The van der Waals surface area contributed by atoms with E-state index in [-0.39, 0.29) is 24.4 Å². The first-order valence-electron chi connectivity index (χ1n) is 6.66. The fourth-order valence-corrected chi connectivity index (χ4v) is 2.59. The van der Waals surface area contributed by atoms with E-state index in [2.05, 4.69) is 0 Å². The van der Waals surface area contributed by atoms with E-state index in [4.69, 9.17) is 5.73 Å². The summed E-state index contributed by atoms with van der Waals surface area (Å²) < 4.78 is 0. The van der Waals surface area contributed by atoms with Crippen molar-refractivity contribution in [2.24, 2.45) is 11.7 Å². The lowest BCUT2D eigenvalue weighted by atomic mass is 9.99. The van der Waals surface area contributed by atoms with Crippen molar-refractivity contribution in [2.45, 2.75) is 38.6 Å². The Labute approximate surface area is 121 Å². The third-order valence-corrected chi connectivity index (χ3v) is 3.95. The number of hydrogen-bond donors (Lipinski definition) is 1. The lowest BCUT2D eigenvalue weighted by molar-refractivity contribution is -0.119. The fraction of sp³-hybridized carbons (Fsp3) is 0.533. The molecule has 0 bridgehead atoms. The number of benzene rings is 1. The number of anilines is 1. The number of amides is 1. The van der Waals surface area contributed by atoms with Crippen LogP contribution < -0.4 is 10.6 Å². The minimum absolute atomic E-state index is 0. The van der Waals surface area contributed by atoms with E-state index in [1.54, 1.807) is 4.90 Å². The molecular formula is C15H23ClN2O. The fourth-order valence-electron chi connectivity index (χ4n) is 2.59. The Morgan fingerprint density at radius 3 is 2.47 bits per heavy atom. The third kappa shape index (κ3) is 3.95. The number of aryl methyl sites for hydroxylation is 1. The Morgan fingerprint density at radius 2 is 1.95 bits per heavy atom. The van der Waals surface area contributed by atoms with Crippen LogP contribution in [0.3, 0.4) is 0 Å². The van der Waals surface area contributed by atoms with Gasteiger partial charge in [-0.1, -0.05) is 24.1 Å². The van der Waals surface area contributed by atoms with Crippen LogP contribution in [0.4, 0.5) is 5.69 Å². The van der Waals surface area contributed by atoms with Gasteiger partial charge in [0.25, 0.3) is 0 Å². The number of carbonyl (C=O) groups is 1. The second kappa shape index (κ2) is 6.92. The zero-order valence-corrected chi connectivity index (χ0v) is 12.5. The van der Waals surface area contributed by atoms with Gasteiger partial charge in [0.05, 0.1) is 0 Å². The average Bonchev–Trinajstić information content (AvgIpc) is 2.75. The standard InChI is InChI=1S/C15H22N2O.ClH/c1-11-6-8-13(9-7-11)17(2)15(18)10-12-4-3-5-14(12)16;/h6-9,12,14H,3-5,10,16H2,1-2H3;1H/t12-,14+;/m0./s1. The summed E-state index contributed by atoms with van der Waals surface area (Å²) in [5.74, 6) is 0.534. The van der Waals surface area contributed by atoms with Gasteiger partial charge in [0.15, 0.2) is 0 Å². The van der Waals surface area contributed by atoms with Crippen LogP contribution in [0.5, 0.6) is 0 Å². The lowest BCUT2D eigenvalue weighted by Gasteiger charge is -2.21. The minimum atomic E-state index is 0. The highest BCUT2D eigenvalue weighted by molar-refractivity contribution is 5.93. The van der Waals surface area contributed by atoms with E-state index >= 15 is 0 Å². The van der Waals surface area contributed by atoms with Crippen LogP contribution >= 0.6 is 12.4 Å². The molecule has 1 aliphatic rings. The highest BCUT2D eigenvalue weighted by Gasteiger charge is 2.27. The topological polar surface area (TPSA) is 46.3 Å². The van der Waals surface area contributed by atoms with Crippen molar-refractivity contribution >= 4 is 24.0 Å². The van der Waals surface area contributed by atoms with Crippen molar-refractivity contribution in [1.29, 1.82) is 0 Å². The second-order valence-electron chi connectivity index (χ2n) is 5.35. The van der Waals surface area contributed by atoms with E-state index in [0.29, 0.717) is 12.3 Å². The summed E-state index contributed by atoms with van der Waals surface area (Å²) in [6, 6.07) is 8.24. The number of nitrogens with two attached hydrogens (primary N) is 1. The first-order valence-corrected chi connectivity index (χ1v) is 6.66. The van der Waals surface area contributed by atoms with Crippen LogP contribution in [0, 0.1) is 12.8 Å². The van der Waals surface area contributed by atoms with Crippen LogP contribution in [0.1, 0.15) is 31.2 Å². The highest BCUT2D eigenvalue weighted by atomic mass is 35.5. The molecule has 4 heteroatoms. The molecule has 1 saturated carbocycles. The largest absolute Gasteiger partial charge is 0.327 e. The molecule has 2 atom stereocenters. The lowest BCUT2D eigenvalue weighted by Crippen LogP contribution is -2.32. The van der Waals surface area contributed by atoms with Crippen molar-refractivity contribution in [3.63, 3.8) is 0 Å². The molecule has 0 saturated heterocycles. The number of nitrogens with zero attached hydrogens (tertiary/aromatic N) is 1. The van der Waals surface area contributed by atoms with Crippen LogP contribution in [0.2, 0.25) is 0 Å². The molecule has 1 fully saturated rings. The molecule has 0 radical (unpaired) electrons. The molecule has 19 heavy (non-hydrogen) atoms. The monoisotopic (exact) mass is 282 g/mol. The van der Waals surface area contributed by atoms with E-state index in [9.17, 15) is 4.79 Å². The van der Waals surface area contributed by atoms with Gasteiger partial charge in [0, 0.05) is 25.2 Å². The smallest absolute Gasteiger partial charge is 0.227 e. The highest BCUT2D eigenvalue weighted by Crippen LogP contribution is 2.28. The van der Waals surface area contributed by atoms with Gasteiger partial charge in [0.1, 0.15) is 0 Å².